The van der Waals surface area contributed by atoms with Crippen molar-refractivity contribution in [3.05, 3.63) is 0 Å². The molecule has 7 heteroatoms. The third kappa shape index (κ3) is 5.08. The van der Waals surface area contributed by atoms with Gasteiger partial charge in [0.25, 0.3) is 0 Å². The number of fused-ring (bicyclic) bond motifs is 3. The molecule has 33 heavy (non-hydrogen) atoms. The minimum absolute atomic E-state index is 0.172. The van der Waals surface area contributed by atoms with Crippen LogP contribution in [0.25, 0.3) is 0 Å². The summed E-state index contributed by atoms with van der Waals surface area (Å²) in [6.07, 6.45) is 5.67. The van der Waals surface area contributed by atoms with Crippen molar-refractivity contribution in [1.29, 1.82) is 0 Å². The minimum atomic E-state index is -0.368. The molecule has 188 valence electrons. The van der Waals surface area contributed by atoms with Crippen LogP contribution in [0.4, 0.5) is 0 Å². The van der Waals surface area contributed by atoms with Crippen LogP contribution in [-0.2, 0) is 33.3 Å². The highest BCUT2D eigenvalue weighted by molar-refractivity contribution is 5.66. The molecule has 3 aliphatic rings. The van der Waals surface area contributed by atoms with E-state index in [1.165, 1.54) is 20.8 Å². The number of hydrogen-bond acceptors (Lipinski definition) is 7. The zero-order valence-corrected chi connectivity index (χ0v) is 21.5. The van der Waals surface area contributed by atoms with Crippen molar-refractivity contribution in [2.45, 2.75) is 111 Å². The van der Waals surface area contributed by atoms with Crippen molar-refractivity contribution < 1.29 is 33.3 Å². The minimum Gasteiger partial charge on any atom is -0.466 e. The van der Waals surface area contributed by atoms with Crippen molar-refractivity contribution in [2.24, 2.45) is 22.7 Å². The summed E-state index contributed by atoms with van der Waals surface area (Å²) in [7, 11) is 0. The van der Waals surface area contributed by atoms with Crippen LogP contribution in [0, 0.1) is 22.7 Å². The summed E-state index contributed by atoms with van der Waals surface area (Å²) in [5.74, 6) is -0.338. The second-order valence-corrected chi connectivity index (χ2v) is 11.6. The summed E-state index contributed by atoms with van der Waals surface area (Å²) in [5, 5.41) is 0. The molecule has 1 aliphatic heterocycles. The van der Waals surface area contributed by atoms with E-state index in [1.807, 2.05) is 0 Å². The summed E-state index contributed by atoms with van der Waals surface area (Å²) < 4.78 is 23.6. The van der Waals surface area contributed by atoms with E-state index in [0.29, 0.717) is 19.6 Å². The lowest BCUT2D eigenvalue weighted by molar-refractivity contribution is -0.291. The van der Waals surface area contributed by atoms with Crippen LogP contribution in [0.3, 0.4) is 0 Å². The first kappa shape index (κ1) is 26.0. The molecule has 3 rings (SSSR count). The normalized spacial score (nSPS) is 42.5. The molecule has 0 bridgehead atoms. The second kappa shape index (κ2) is 9.20. The van der Waals surface area contributed by atoms with Gasteiger partial charge in [-0.15, -0.1) is 0 Å². The molecule has 0 radical (unpaired) electrons. The summed E-state index contributed by atoms with van der Waals surface area (Å²) in [4.78, 5) is 34.9. The van der Waals surface area contributed by atoms with Gasteiger partial charge in [0, 0.05) is 38.0 Å². The molecule has 3 fully saturated rings. The fraction of sp³-hybridized carbons (Fsp3) is 0.885. The highest BCUT2D eigenvalue weighted by Gasteiger charge is 2.66. The smallest absolute Gasteiger partial charge is 0.302 e. The lowest BCUT2D eigenvalue weighted by atomic mass is 9.43. The van der Waals surface area contributed by atoms with Crippen molar-refractivity contribution >= 4 is 17.9 Å². The summed E-state index contributed by atoms with van der Waals surface area (Å²) in [6.45, 7) is 13.9. The lowest BCUT2D eigenvalue weighted by Crippen LogP contribution is -2.67. The predicted molar refractivity (Wildman–Crippen MR) is 122 cm³/mol. The molecule has 0 unspecified atom stereocenters. The van der Waals surface area contributed by atoms with E-state index in [4.69, 9.17) is 18.9 Å². The fourth-order valence-electron chi connectivity index (χ4n) is 7.53. The number of hydrogen-bond donors (Lipinski definition) is 0. The Balaban J connectivity index is 1.90. The molecule has 0 N–H and O–H groups in total. The molecule has 0 aromatic rings. The van der Waals surface area contributed by atoms with Crippen molar-refractivity contribution in [1.82, 2.24) is 0 Å². The number of esters is 3. The Morgan fingerprint density at radius 1 is 0.818 bits per heavy atom. The van der Waals surface area contributed by atoms with Crippen LogP contribution in [0.1, 0.15) is 93.4 Å². The number of carbonyl (C=O) groups is 3. The maximum absolute atomic E-state index is 12.1. The van der Waals surface area contributed by atoms with Crippen molar-refractivity contribution in [3.63, 3.8) is 0 Å². The van der Waals surface area contributed by atoms with E-state index in [0.717, 1.165) is 38.5 Å². The van der Waals surface area contributed by atoms with Gasteiger partial charge in [-0.1, -0.05) is 13.8 Å². The first-order valence-corrected chi connectivity index (χ1v) is 12.4. The van der Waals surface area contributed by atoms with E-state index in [-0.39, 0.29) is 57.9 Å². The SMILES string of the molecule is CC(=O)OCC[C@@]1(C)CC[C@@H]2[C@@]3(C)[C@H](OC(C)=O)CC[C@@](C)(COC(C)=O)[C@@H]3CC[C@@]2(C)O1. The van der Waals surface area contributed by atoms with E-state index in [2.05, 4.69) is 27.7 Å². The monoisotopic (exact) mass is 466 g/mol. The van der Waals surface area contributed by atoms with Crippen LogP contribution in [0.5, 0.6) is 0 Å². The molecular weight excluding hydrogens is 424 g/mol. The first-order chi connectivity index (χ1) is 15.2. The predicted octanol–water partition coefficient (Wildman–Crippen LogP) is 4.59. The second-order valence-electron chi connectivity index (χ2n) is 11.6. The fourth-order valence-corrected chi connectivity index (χ4v) is 7.53. The van der Waals surface area contributed by atoms with Crippen LogP contribution < -0.4 is 0 Å². The number of ether oxygens (including phenoxy) is 4. The molecule has 2 saturated carbocycles. The van der Waals surface area contributed by atoms with E-state index in [1.54, 1.807) is 0 Å². The molecule has 0 amide bonds. The molecule has 1 saturated heterocycles. The van der Waals surface area contributed by atoms with Crippen LogP contribution in [0.2, 0.25) is 0 Å². The highest BCUT2D eigenvalue weighted by atomic mass is 16.6. The maximum atomic E-state index is 12.1. The third-order valence-corrected chi connectivity index (χ3v) is 8.97. The number of carbonyl (C=O) groups excluding carboxylic acids is 3. The van der Waals surface area contributed by atoms with Gasteiger partial charge in [-0.2, -0.15) is 0 Å². The number of rotatable bonds is 6. The summed E-state index contributed by atoms with van der Waals surface area (Å²) >= 11 is 0. The Morgan fingerprint density at radius 2 is 1.45 bits per heavy atom. The highest BCUT2D eigenvalue weighted by Crippen LogP contribution is 2.66. The zero-order chi connectivity index (χ0) is 24.7. The first-order valence-electron chi connectivity index (χ1n) is 12.4. The standard InChI is InChI=1S/C26H42O7/c1-17(27)30-15-14-24(5)12-8-21-25(6,33-24)13-9-20-23(4,16-31-18(2)28)11-10-22(26(20,21)7)32-19(3)29/h20-22H,8-16H2,1-7H3/t20-,21-,22+,23-,24+,25+,26-/m0/s1. The van der Waals surface area contributed by atoms with E-state index >= 15 is 0 Å². The Morgan fingerprint density at radius 3 is 2.06 bits per heavy atom. The van der Waals surface area contributed by atoms with Gasteiger partial charge < -0.3 is 18.9 Å². The Hall–Kier alpha value is -1.63. The Bertz CT molecular complexity index is 781. The molecule has 0 spiro atoms. The Kier molecular flexibility index (Phi) is 7.24. The van der Waals surface area contributed by atoms with E-state index in [9.17, 15) is 14.4 Å². The summed E-state index contributed by atoms with van der Waals surface area (Å²) in [6, 6.07) is 0. The molecular formula is C26H42O7. The molecule has 0 aromatic carbocycles. The molecule has 7 atom stereocenters. The lowest BCUT2D eigenvalue weighted by Gasteiger charge is -2.67. The molecule has 2 aliphatic carbocycles. The summed E-state index contributed by atoms with van der Waals surface area (Å²) in [5.41, 5.74) is -1.19. The third-order valence-electron chi connectivity index (χ3n) is 8.97. The van der Waals surface area contributed by atoms with Gasteiger partial charge in [-0.3, -0.25) is 14.4 Å². The van der Waals surface area contributed by atoms with Gasteiger partial charge in [0.2, 0.25) is 0 Å². The van der Waals surface area contributed by atoms with Crippen LogP contribution >= 0.6 is 0 Å². The topological polar surface area (TPSA) is 88.1 Å². The Labute approximate surface area is 198 Å². The molecule has 0 aromatic heterocycles. The zero-order valence-electron chi connectivity index (χ0n) is 21.5. The maximum Gasteiger partial charge on any atom is 0.302 e. The largest absolute Gasteiger partial charge is 0.466 e. The van der Waals surface area contributed by atoms with Crippen LogP contribution in [-0.4, -0.2) is 48.4 Å². The quantitative estimate of drug-likeness (QED) is 0.418. The van der Waals surface area contributed by atoms with Gasteiger partial charge in [0.15, 0.2) is 0 Å². The van der Waals surface area contributed by atoms with Gasteiger partial charge >= 0.3 is 17.9 Å². The molecule has 1 heterocycles. The van der Waals surface area contributed by atoms with Gasteiger partial charge in [0.1, 0.15) is 6.10 Å². The van der Waals surface area contributed by atoms with Crippen LogP contribution in [0.15, 0.2) is 0 Å². The van der Waals surface area contributed by atoms with E-state index < -0.39 is 0 Å². The van der Waals surface area contributed by atoms with Gasteiger partial charge in [0.05, 0.1) is 24.4 Å². The van der Waals surface area contributed by atoms with Gasteiger partial charge in [-0.05, 0) is 64.2 Å². The van der Waals surface area contributed by atoms with Gasteiger partial charge in [-0.25, -0.2) is 0 Å². The molecule has 7 nitrogen and oxygen atoms in total. The van der Waals surface area contributed by atoms with Crippen molar-refractivity contribution in [3.8, 4) is 0 Å². The average Bonchev–Trinajstić information content (AvgIpc) is 2.67. The average molecular weight is 467 g/mol. The van der Waals surface area contributed by atoms with Crippen molar-refractivity contribution in [2.75, 3.05) is 13.2 Å².